The summed E-state index contributed by atoms with van der Waals surface area (Å²) >= 11 is 0. The Balaban J connectivity index is 2.08. The first kappa shape index (κ1) is 12.1. The van der Waals surface area contributed by atoms with E-state index in [4.69, 9.17) is 4.52 Å². The number of aliphatic hydroxyl groups is 1. The van der Waals surface area contributed by atoms with Crippen molar-refractivity contribution in [3.05, 3.63) is 17.5 Å². The molecule has 0 spiro atoms. The molecule has 1 aromatic rings. The van der Waals surface area contributed by atoms with Crippen molar-refractivity contribution in [3.63, 3.8) is 0 Å². The third-order valence-corrected chi connectivity index (χ3v) is 3.49. The second-order valence-electron chi connectivity index (χ2n) is 4.75. The number of carbonyl (C=O) groups excluding carboxylic acids is 1. The number of nitrogens with zero attached hydrogens (tertiary/aromatic N) is 1. The number of rotatable bonds is 3. The lowest BCUT2D eigenvalue weighted by molar-refractivity contribution is 0.0757. The molecule has 0 aliphatic heterocycles. The molecule has 0 bridgehead atoms. The van der Waals surface area contributed by atoms with Gasteiger partial charge < -0.3 is 14.9 Å². The Labute approximate surface area is 100 Å². The highest BCUT2D eigenvalue weighted by molar-refractivity contribution is 5.95. The zero-order chi connectivity index (χ0) is 12.3. The van der Waals surface area contributed by atoms with Crippen molar-refractivity contribution in [1.29, 1.82) is 0 Å². The highest BCUT2D eigenvalue weighted by Gasteiger charge is 2.33. The van der Waals surface area contributed by atoms with Crippen molar-refractivity contribution in [2.24, 2.45) is 0 Å². The van der Waals surface area contributed by atoms with Crippen molar-refractivity contribution in [2.75, 3.05) is 6.61 Å². The van der Waals surface area contributed by atoms with Crippen LogP contribution in [0.25, 0.3) is 0 Å². The number of hydrogen-bond acceptors (Lipinski definition) is 4. The molecule has 1 aliphatic rings. The third-order valence-electron chi connectivity index (χ3n) is 3.49. The van der Waals surface area contributed by atoms with Gasteiger partial charge in [-0.15, -0.1) is 0 Å². The van der Waals surface area contributed by atoms with Crippen LogP contribution in [-0.2, 0) is 0 Å². The van der Waals surface area contributed by atoms with E-state index in [1.807, 2.05) is 0 Å². The van der Waals surface area contributed by atoms with Crippen LogP contribution in [0.5, 0.6) is 0 Å². The van der Waals surface area contributed by atoms with Gasteiger partial charge in [-0.3, -0.25) is 4.79 Å². The molecule has 5 nitrogen and oxygen atoms in total. The summed E-state index contributed by atoms with van der Waals surface area (Å²) in [7, 11) is 0. The second-order valence-corrected chi connectivity index (χ2v) is 4.75. The molecule has 1 fully saturated rings. The van der Waals surface area contributed by atoms with E-state index in [9.17, 15) is 9.90 Å². The van der Waals surface area contributed by atoms with Crippen LogP contribution in [0.1, 0.15) is 48.2 Å². The largest absolute Gasteiger partial charge is 0.394 e. The van der Waals surface area contributed by atoms with Crippen LogP contribution in [0.15, 0.2) is 10.7 Å². The standard InChI is InChI=1S/C12H18N2O3/c1-9-10(7-13-17-9)11(16)14-12(8-15)5-3-2-4-6-12/h7,15H,2-6,8H2,1H3,(H,14,16). The minimum Gasteiger partial charge on any atom is -0.394 e. The number of aromatic nitrogens is 1. The molecule has 0 radical (unpaired) electrons. The van der Waals surface area contributed by atoms with Gasteiger partial charge in [0.25, 0.3) is 5.91 Å². The molecule has 5 heteroatoms. The van der Waals surface area contributed by atoms with Crippen LogP contribution >= 0.6 is 0 Å². The van der Waals surface area contributed by atoms with Gasteiger partial charge in [0.15, 0.2) is 0 Å². The van der Waals surface area contributed by atoms with Crippen LogP contribution in [0.4, 0.5) is 0 Å². The average Bonchev–Trinajstić information content (AvgIpc) is 2.77. The number of carbonyl (C=O) groups is 1. The van der Waals surface area contributed by atoms with Gasteiger partial charge >= 0.3 is 0 Å². The minimum absolute atomic E-state index is 0.0108. The van der Waals surface area contributed by atoms with Crippen LogP contribution in [0.2, 0.25) is 0 Å². The number of nitrogens with one attached hydrogen (secondary N) is 1. The Morgan fingerprint density at radius 3 is 2.76 bits per heavy atom. The van der Waals surface area contributed by atoms with E-state index < -0.39 is 5.54 Å². The molecule has 0 aromatic carbocycles. The smallest absolute Gasteiger partial charge is 0.257 e. The molecule has 2 N–H and O–H groups in total. The molecule has 94 valence electrons. The van der Waals surface area contributed by atoms with E-state index in [-0.39, 0.29) is 12.5 Å². The second kappa shape index (κ2) is 4.87. The fourth-order valence-corrected chi connectivity index (χ4v) is 2.38. The molecule has 0 atom stereocenters. The van der Waals surface area contributed by atoms with Crippen LogP contribution < -0.4 is 5.32 Å². The van der Waals surface area contributed by atoms with Crippen LogP contribution in [0.3, 0.4) is 0 Å². The van der Waals surface area contributed by atoms with Gasteiger partial charge in [0.05, 0.1) is 18.3 Å². The highest BCUT2D eigenvalue weighted by atomic mass is 16.5. The van der Waals surface area contributed by atoms with E-state index in [2.05, 4.69) is 10.5 Å². The summed E-state index contributed by atoms with van der Waals surface area (Å²) in [6.45, 7) is 1.69. The van der Waals surface area contributed by atoms with Crippen molar-refractivity contribution in [3.8, 4) is 0 Å². The Morgan fingerprint density at radius 1 is 1.53 bits per heavy atom. The molecule has 1 aromatic heterocycles. The normalized spacial score (nSPS) is 18.9. The van der Waals surface area contributed by atoms with Gasteiger partial charge in [0.1, 0.15) is 11.3 Å². The van der Waals surface area contributed by atoms with Crippen molar-refractivity contribution < 1.29 is 14.4 Å². The summed E-state index contributed by atoms with van der Waals surface area (Å²) < 4.78 is 4.87. The molecular weight excluding hydrogens is 220 g/mol. The fourth-order valence-electron chi connectivity index (χ4n) is 2.38. The Bertz CT molecular complexity index is 394. The fraction of sp³-hybridized carbons (Fsp3) is 0.667. The van der Waals surface area contributed by atoms with Crippen LogP contribution in [0, 0.1) is 6.92 Å². The Morgan fingerprint density at radius 2 is 2.24 bits per heavy atom. The van der Waals surface area contributed by atoms with Gasteiger partial charge in [0.2, 0.25) is 0 Å². The number of hydrogen-bond donors (Lipinski definition) is 2. The topological polar surface area (TPSA) is 75.4 Å². The van der Waals surface area contributed by atoms with Gasteiger partial charge in [0, 0.05) is 0 Å². The first-order chi connectivity index (χ1) is 8.17. The van der Waals surface area contributed by atoms with Gasteiger partial charge in [-0.1, -0.05) is 24.4 Å². The van der Waals surface area contributed by atoms with Crippen LogP contribution in [-0.4, -0.2) is 28.3 Å². The Hall–Kier alpha value is -1.36. The molecule has 1 heterocycles. The first-order valence-electron chi connectivity index (χ1n) is 6.01. The summed E-state index contributed by atoms with van der Waals surface area (Å²) in [5.74, 6) is 0.297. The quantitative estimate of drug-likeness (QED) is 0.834. The van der Waals surface area contributed by atoms with Gasteiger partial charge in [-0.05, 0) is 19.8 Å². The lowest BCUT2D eigenvalue weighted by atomic mass is 9.82. The summed E-state index contributed by atoms with van der Waals surface area (Å²) in [5, 5.41) is 16.0. The SMILES string of the molecule is Cc1oncc1C(=O)NC1(CO)CCCCC1. The van der Waals surface area contributed by atoms with E-state index >= 15 is 0 Å². The molecule has 1 amide bonds. The lowest BCUT2D eigenvalue weighted by Crippen LogP contribution is -2.52. The van der Waals surface area contributed by atoms with Gasteiger partial charge in [-0.25, -0.2) is 0 Å². The summed E-state index contributed by atoms with van der Waals surface area (Å²) in [6.07, 6.45) is 6.34. The maximum absolute atomic E-state index is 12.0. The van der Waals surface area contributed by atoms with Gasteiger partial charge in [-0.2, -0.15) is 0 Å². The third kappa shape index (κ3) is 2.49. The zero-order valence-corrected chi connectivity index (χ0v) is 10.0. The van der Waals surface area contributed by atoms with Crippen molar-refractivity contribution >= 4 is 5.91 Å². The van der Waals surface area contributed by atoms with E-state index in [1.165, 1.54) is 12.6 Å². The summed E-state index contributed by atoms with van der Waals surface area (Å²) in [4.78, 5) is 12.0. The minimum atomic E-state index is -0.459. The molecule has 0 saturated heterocycles. The number of amides is 1. The average molecular weight is 238 g/mol. The van der Waals surface area contributed by atoms with E-state index in [1.54, 1.807) is 6.92 Å². The number of aliphatic hydroxyl groups excluding tert-OH is 1. The van der Waals surface area contributed by atoms with E-state index in [0.717, 1.165) is 25.7 Å². The molecule has 0 unspecified atom stereocenters. The first-order valence-corrected chi connectivity index (χ1v) is 6.01. The monoisotopic (exact) mass is 238 g/mol. The summed E-state index contributed by atoms with van der Waals surface area (Å²) in [5.41, 5.74) is -0.0117. The van der Waals surface area contributed by atoms with E-state index in [0.29, 0.717) is 11.3 Å². The molecule has 1 aliphatic carbocycles. The predicted octanol–water partition coefficient (Wildman–Crippen LogP) is 1.41. The predicted molar refractivity (Wildman–Crippen MR) is 61.6 cm³/mol. The maximum Gasteiger partial charge on any atom is 0.257 e. The highest BCUT2D eigenvalue weighted by Crippen LogP contribution is 2.28. The molecule has 2 rings (SSSR count). The zero-order valence-electron chi connectivity index (χ0n) is 10.0. The summed E-state index contributed by atoms with van der Waals surface area (Å²) in [6, 6.07) is 0. The van der Waals surface area contributed by atoms with Crippen molar-refractivity contribution in [1.82, 2.24) is 10.5 Å². The molecule has 1 saturated carbocycles. The Kier molecular flexibility index (Phi) is 3.47. The maximum atomic E-state index is 12.0. The molecule has 17 heavy (non-hydrogen) atoms. The molecular formula is C12H18N2O3. The number of aryl methyl sites for hydroxylation is 1. The lowest BCUT2D eigenvalue weighted by Gasteiger charge is -2.36. The van der Waals surface area contributed by atoms with Crippen molar-refractivity contribution in [2.45, 2.75) is 44.6 Å².